The summed E-state index contributed by atoms with van der Waals surface area (Å²) in [5, 5.41) is 11.0. The minimum atomic E-state index is -0.510. The molecule has 0 spiro atoms. The summed E-state index contributed by atoms with van der Waals surface area (Å²) in [6.07, 6.45) is 4.27. The van der Waals surface area contributed by atoms with Gasteiger partial charge in [0.25, 0.3) is 5.69 Å². The topological polar surface area (TPSA) is 108 Å². The van der Waals surface area contributed by atoms with Gasteiger partial charge in [-0.25, -0.2) is 4.79 Å². The van der Waals surface area contributed by atoms with E-state index in [-0.39, 0.29) is 23.6 Å². The standard InChI is InChI=1S/C13H17N5O3/c1-2-5-16-6-7-17(13(16)19)9-10-3-4-11(15-14)12(8-10)18(20)21/h3-4,6-8,15H,2,5,9,14H2,1H3. The van der Waals surface area contributed by atoms with Crippen LogP contribution < -0.4 is 17.0 Å². The van der Waals surface area contributed by atoms with E-state index < -0.39 is 4.92 Å². The van der Waals surface area contributed by atoms with E-state index in [0.29, 0.717) is 12.1 Å². The first-order valence-corrected chi connectivity index (χ1v) is 6.56. The molecule has 3 N–H and O–H groups in total. The van der Waals surface area contributed by atoms with Gasteiger partial charge < -0.3 is 5.43 Å². The number of hydrazine groups is 1. The van der Waals surface area contributed by atoms with Gasteiger partial charge in [-0.2, -0.15) is 0 Å². The molecule has 0 radical (unpaired) electrons. The van der Waals surface area contributed by atoms with Crippen LogP contribution in [-0.2, 0) is 13.1 Å². The Labute approximate surface area is 120 Å². The average molecular weight is 291 g/mol. The number of hydrogen-bond acceptors (Lipinski definition) is 5. The highest BCUT2D eigenvalue weighted by molar-refractivity contribution is 5.61. The Morgan fingerprint density at radius 2 is 2.05 bits per heavy atom. The number of aromatic nitrogens is 2. The van der Waals surface area contributed by atoms with Crippen molar-refractivity contribution >= 4 is 11.4 Å². The maximum Gasteiger partial charge on any atom is 0.328 e. The summed E-state index contributed by atoms with van der Waals surface area (Å²) in [5.41, 5.74) is 2.95. The van der Waals surface area contributed by atoms with Gasteiger partial charge in [0.05, 0.1) is 11.5 Å². The Hall–Kier alpha value is -2.61. The molecule has 112 valence electrons. The Morgan fingerprint density at radius 3 is 2.67 bits per heavy atom. The van der Waals surface area contributed by atoms with Gasteiger partial charge in [-0.3, -0.25) is 25.1 Å². The van der Waals surface area contributed by atoms with Crippen molar-refractivity contribution in [2.75, 3.05) is 5.43 Å². The molecule has 1 aromatic heterocycles. The minimum Gasteiger partial charge on any atom is -0.318 e. The van der Waals surface area contributed by atoms with Crippen molar-refractivity contribution in [1.82, 2.24) is 9.13 Å². The second-order valence-corrected chi connectivity index (χ2v) is 4.65. The number of nitrogens with one attached hydrogen (secondary N) is 1. The van der Waals surface area contributed by atoms with E-state index in [0.717, 1.165) is 6.42 Å². The number of nitrogens with two attached hydrogens (primary N) is 1. The number of nitro groups is 1. The van der Waals surface area contributed by atoms with Gasteiger partial charge in [0.15, 0.2) is 0 Å². The maximum absolute atomic E-state index is 12.1. The second-order valence-electron chi connectivity index (χ2n) is 4.65. The third kappa shape index (κ3) is 3.11. The van der Waals surface area contributed by atoms with Crippen LogP contribution in [-0.4, -0.2) is 14.1 Å². The number of nitrogens with zero attached hydrogens (tertiary/aromatic N) is 3. The van der Waals surface area contributed by atoms with Crippen LogP contribution in [0.3, 0.4) is 0 Å². The molecule has 0 aliphatic heterocycles. The molecule has 1 heterocycles. The molecular formula is C13H17N5O3. The third-order valence-corrected chi connectivity index (χ3v) is 3.15. The van der Waals surface area contributed by atoms with E-state index in [1.807, 2.05) is 6.92 Å². The molecule has 0 saturated carbocycles. The highest BCUT2D eigenvalue weighted by Gasteiger charge is 2.14. The molecule has 0 amide bonds. The molecule has 0 aliphatic rings. The zero-order valence-electron chi connectivity index (χ0n) is 11.7. The molecule has 0 bridgehead atoms. The second kappa shape index (κ2) is 6.23. The van der Waals surface area contributed by atoms with E-state index in [2.05, 4.69) is 5.43 Å². The summed E-state index contributed by atoms with van der Waals surface area (Å²) in [5.74, 6) is 5.24. The highest BCUT2D eigenvalue weighted by Crippen LogP contribution is 2.24. The smallest absolute Gasteiger partial charge is 0.318 e. The summed E-state index contributed by atoms with van der Waals surface area (Å²) < 4.78 is 3.13. The number of aryl methyl sites for hydroxylation is 1. The fourth-order valence-electron chi connectivity index (χ4n) is 2.13. The molecule has 21 heavy (non-hydrogen) atoms. The van der Waals surface area contributed by atoms with Gasteiger partial charge in [-0.15, -0.1) is 0 Å². The van der Waals surface area contributed by atoms with Crippen LogP contribution in [0.15, 0.2) is 35.4 Å². The Balaban J connectivity index is 2.30. The fraction of sp³-hybridized carbons (Fsp3) is 0.308. The summed E-state index contributed by atoms with van der Waals surface area (Å²) in [6.45, 7) is 2.93. The molecule has 0 unspecified atom stereocenters. The molecule has 2 rings (SSSR count). The summed E-state index contributed by atoms with van der Waals surface area (Å²) in [7, 11) is 0. The lowest BCUT2D eigenvalue weighted by atomic mass is 10.1. The summed E-state index contributed by atoms with van der Waals surface area (Å²) in [6, 6.07) is 4.64. The van der Waals surface area contributed by atoms with Crippen LogP contribution in [0.2, 0.25) is 0 Å². The SMILES string of the molecule is CCCn1ccn(Cc2ccc(NN)c([N+](=O)[O-])c2)c1=O. The highest BCUT2D eigenvalue weighted by atomic mass is 16.6. The lowest BCUT2D eigenvalue weighted by Gasteiger charge is -2.06. The molecule has 0 fully saturated rings. The first-order chi connectivity index (χ1) is 10.1. The van der Waals surface area contributed by atoms with Gasteiger partial charge in [-0.05, 0) is 18.1 Å². The van der Waals surface area contributed by atoms with E-state index >= 15 is 0 Å². The predicted molar refractivity (Wildman–Crippen MR) is 79.0 cm³/mol. The van der Waals surface area contributed by atoms with Gasteiger partial charge in [-0.1, -0.05) is 13.0 Å². The van der Waals surface area contributed by atoms with Crippen LogP contribution in [0.4, 0.5) is 11.4 Å². The number of imidazole rings is 1. The lowest BCUT2D eigenvalue weighted by molar-refractivity contribution is -0.384. The van der Waals surface area contributed by atoms with E-state index in [9.17, 15) is 14.9 Å². The Kier molecular flexibility index (Phi) is 4.39. The van der Waals surface area contributed by atoms with Crippen molar-refractivity contribution in [3.63, 3.8) is 0 Å². The monoisotopic (exact) mass is 291 g/mol. The number of anilines is 1. The molecule has 8 heteroatoms. The fourth-order valence-corrected chi connectivity index (χ4v) is 2.13. The van der Waals surface area contributed by atoms with Gasteiger partial charge in [0, 0.05) is 25.0 Å². The Bertz CT molecular complexity index is 704. The van der Waals surface area contributed by atoms with Crippen molar-refractivity contribution < 1.29 is 4.92 Å². The van der Waals surface area contributed by atoms with Crippen molar-refractivity contribution in [2.45, 2.75) is 26.4 Å². The molecule has 0 aliphatic carbocycles. The normalized spacial score (nSPS) is 10.6. The van der Waals surface area contributed by atoms with Gasteiger partial charge in [0.1, 0.15) is 5.69 Å². The number of benzene rings is 1. The third-order valence-electron chi connectivity index (χ3n) is 3.15. The molecule has 2 aromatic rings. The van der Waals surface area contributed by atoms with Crippen molar-refractivity contribution in [1.29, 1.82) is 0 Å². The number of nitro benzene ring substituents is 1. The average Bonchev–Trinajstić information content (AvgIpc) is 2.80. The van der Waals surface area contributed by atoms with E-state index in [4.69, 9.17) is 5.84 Å². The lowest BCUT2D eigenvalue weighted by Crippen LogP contribution is -2.24. The molecule has 1 aromatic carbocycles. The predicted octanol–water partition coefficient (Wildman–Crippen LogP) is 1.30. The van der Waals surface area contributed by atoms with Crippen molar-refractivity contribution in [3.8, 4) is 0 Å². The number of rotatable bonds is 6. The summed E-state index contributed by atoms with van der Waals surface area (Å²) >= 11 is 0. The van der Waals surface area contributed by atoms with Gasteiger partial charge >= 0.3 is 5.69 Å². The zero-order chi connectivity index (χ0) is 15.4. The molecule has 0 saturated heterocycles. The minimum absolute atomic E-state index is 0.115. The molecule has 0 atom stereocenters. The molecular weight excluding hydrogens is 274 g/mol. The quantitative estimate of drug-likeness (QED) is 0.474. The van der Waals surface area contributed by atoms with E-state index in [1.54, 1.807) is 23.0 Å². The largest absolute Gasteiger partial charge is 0.328 e. The zero-order valence-corrected chi connectivity index (χ0v) is 11.7. The maximum atomic E-state index is 12.1. The van der Waals surface area contributed by atoms with Crippen LogP contribution in [0.1, 0.15) is 18.9 Å². The number of nitrogen functional groups attached to an aromatic ring is 1. The van der Waals surface area contributed by atoms with Crippen molar-refractivity contribution in [3.05, 3.63) is 56.8 Å². The molecule has 8 nitrogen and oxygen atoms in total. The van der Waals surface area contributed by atoms with Crippen LogP contribution in [0.5, 0.6) is 0 Å². The number of hydrogen-bond donors (Lipinski definition) is 2. The Morgan fingerprint density at radius 1 is 1.33 bits per heavy atom. The van der Waals surface area contributed by atoms with Crippen LogP contribution in [0, 0.1) is 10.1 Å². The first kappa shape index (κ1) is 14.8. The van der Waals surface area contributed by atoms with Crippen LogP contribution >= 0.6 is 0 Å². The van der Waals surface area contributed by atoms with Crippen molar-refractivity contribution in [2.24, 2.45) is 5.84 Å². The van der Waals surface area contributed by atoms with Gasteiger partial charge in [0.2, 0.25) is 0 Å². The summed E-state index contributed by atoms with van der Waals surface area (Å²) in [4.78, 5) is 22.5. The van der Waals surface area contributed by atoms with Crippen LogP contribution in [0.25, 0.3) is 0 Å². The van der Waals surface area contributed by atoms with E-state index in [1.165, 1.54) is 16.7 Å². The first-order valence-electron chi connectivity index (χ1n) is 6.56.